The van der Waals surface area contributed by atoms with E-state index in [1.165, 1.54) is 6.07 Å². The maximum absolute atomic E-state index is 12.2. The molecule has 0 bridgehead atoms. The van der Waals surface area contributed by atoms with Crippen LogP contribution in [0.25, 0.3) is 0 Å². The summed E-state index contributed by atoms with van der Waals surface area (Å²) < 4.78 is 0. The van der Waals surface area contributed by atoms with E-state index in [4.69, 9.17) is 34.8 Å². The molecule has 0 radical (unpaired) electrons. The minimum Gasteiger partial charge on any atom is -0.321 e. The fraction of sp³-hybridized carbons (Fsp3) is 0.188. The molecule has 0 aliphatic carbocycles. The standard InChI is InChI=1S/C16H14Cl3NO/c1-9(2)10-3-6-15(14(19)7-10)20-16(21)12-5-4-11(17)8-13(12)18/h3-9H,1-2H3,(H,20,21). The lowest BCUT2D eigenvalue weighted by molar-refractivity contribution is 0.102. The van der Waals surface area contributed by atoms with Crippen molar-refractivity contribution >= 4 is 46.4 Å². The molecule has 1 amide bonds. The van der Waals surface area contributed by atoms with Gasteiger partial charge in [0.1, 0.15) is 0 Å². The third-order valence-corrected chi connectivity index (χ3v) is 3.94. The number of hydrogen-bond acceptors (Lipinski definition) is 1. The Morgan fingerprint density at radius 2 is 1.71 bits per heavy atom. The van der Waals surface area contributed by atoms with Crippen LogP contribution in [-0.4, -0.2) is 5.91 Å². The van der Waals surface area contributed by atoms with Gasteiger partial charge in [-0.25, -0.2) is 0 Å². The van der Waals surface area contributed by atoms with Gasteiger partial charge in [0.15, 0.2) is 0 Å². The molecule has 0 aliphatic rings. The van der Waals surface area contributed by atoms with Crippen LogP contribution in [0, 0.1) is 0 Å². The van der Waals surface area contributed by atoms with Gasteiger partial charge in [0.25, 0.3) is 5.91 Å². The molecule has 0 saturated carbocycles. The summed E-state index contributed by atoms with van der Waals surface area (Å²) >= 11 is 18.0. The molecule has 0 spiro atoms. The molecule has 1 N–H and O–H groups in total. The highest BCUT2D eigenvalue weighted by Gasteiger charge is 2.13. The highest BCUT2D eigenvalue weighted by atomic mass is 35.5. The zero-order valence-corrected chi connectivity index (χ0v) is 13.9. The summed E-state index contributed by atoms with van der Waals surface area (Å²) in [5, 5.41) is 4.04. The number of anilines is 1. The predicted molar refractivity (Wildman–Crippen MR) is 90.0 cm³/mol. The van der Waals surface area contributed by atoms with Crippen LogP contribution in [-0.2, 0) is 0 Å². The first-order valence-electron chi connectivity index (χ1n) is 6.44. The first-order chi connectivity index (χ1) is 9.88. The quantitative estimate of drug-likeness (QED) is 0.725. The van der Waals surface area contributed by atoms with Crippen molar-refractivity contribution in [1.29, 1.82) is 0 Å². The summed E-state index contributed by atoms with van der Waals surface area (Å²) in [6, 6.07) is 10.3. The third-order valence-electron chi connectivity index (χ3n) is 3.08. The monoisotopic (exact) mass is 341 g/mol. The van der Waals surface area contributed by atoms with Crippen LogP contribution in [0.15, 0.2) is 36.4 Å². The molecule has 0 unspecified atom stereocenters. The molecule has 2 nitrogen and oxygen atoms in total. The molecule has 0 aliphatic heterocycles. The Labute approximate surface area is 139 Å². The Morgan fingerprint density at radius 1 is 1.00 bits per heavy atom. The zero-order chi connectivity index (χ0) is 15.6. The fourth-order valence-corrected chi connectivity index (χ4v) is 2.59. The molecule has 110 valence electrons. The van der Waals surface area contributed by atoms with Crippen molar-refractivity contribution in [3.05, 3.63) is 62.6 Å². The summed E-state index contributed by atoms with van der Waals surface area (Å²) in [6.45, 7) is 4.16. The van der Waals surface area contributed by atoms with E-state index >= 15 is 0 Å². The number of carbonyl (C=O) groups is 1. The largest absolute Gasteiger partial charge is 0.321 e. The minimum absolute atomic E-state index is 0.301. The number of nitrogens with one attached hydrogen (secondary N) is 1. The molecule has 0 atom stereocenters. The zero-order valence-electron chi connectivity index (χ0n) is 11.6. The van der Waals surface area contributed by atoms with Crippen LogP contribution in [0.4, 0.5) is 5.69 Å². The minimum atomic E-state index is -0.323. The van der Waals surface area contributed by atoms with Gasteiger partial charge in [-0.2, -0.15) is 0 Å². The number of hydrogen-bond donors (Lipinski definition) is 1. The fourth-order valence-electron chi connectivity index (χ4n) is 1.86. The van der Waals surface area contributed by atoms with Crippen molar-refractivity contribution in [3.63, 3.8) is 0 Å². The normalized spacial score (nSPS) is 10.8. The lowest BCUT2D eigenvalue weighted by Gasteiger charge is -2.11. The van der Waals surface area contributed by atoms with E-state index in [1.54, 1.807) is 18.2 Å². The lowest BCUT2D eigenvalue weighted by atomic mass is 10.0. The van der Waals surface area contributed by atoms with Crippen LogP contribution in [0.3, 0.4) is 0 Å². The molecule has 5 heteroatoms. The molecule has 0 fully saturated rings. The average Bonchev–Trinajstić information content (AvgIpc) is 2.40. The van der Waals surface area contributed by atoms with Gasteiger partial charge in [-0.15, -0.1) is 0 Å². The number of amides is 1. The van der Waals surface area contributed by atoms with Gasteiger partial charge in [-0.3, -0.25) is 4.79 Å². The first-order valence-corrected chi connectivity index (χ1v) is 7.57. The SMILES string of the molecule is CC(C)c1ccc(NC(=O)c2ccc(Cl)cc2Cl)c(Cl)c1. The Bertz CT molecular complexity index is 683. The van der Waals surface area contributed by atoms with Gasteiger partial charge in [0, 0.05) is 5.02 Å². The Hall–Kier alpha value is -1.22. The van der Waals surface area contributed by atoms with Crippen LogP contribution in [0.1, 0.15) is 35.7 Å². The number of halogens is 3. The van der Waals surface area contributed by atoms with Gasteiger partial charge in [-0.1, -0.05) is 54.7 Å². The third kappa shape index (κ3) is 3.91. The maximum Gasteiger partial charge on any atom is 0.257 e. The van der Waals surface area contributed by atoms with Gasteiger partial charge >= 0.3 is 0 Å². The van der Waals surface area contributed by atoms with Crippen molar-refractivity contribution in [2.75, 3.05) is 5.32 Å². The van der Waals surface area contributed by atoms with Crippen molar-refractivity contribution < 1.29 is 4.79 Å². The number of carbonyl (C=O) groups excluding carboxylic acids is 1. The summed E-state index contributed by atoms with van der Waals surface area (Å²) in [6.07, 6.45) is 0. The average molecular weight is 343 g/mol. The molecule has 2 aromatic rings. The second-order valence-corrected chi connectivity index (χ2v) is 6.22. The van der Waals surface area contributed by atoms with E-state index in [1.807, 2.05) is 12.1 Å². The second-order valence-electron chi connectivity index (χ2n) is 4.97. The van der Waals surface area contributed by atoms with E-state index in [0.717, 1.165) is 5.56 Å². The molecule has 0 heterocycles. The van der Waals surface area contributed by atoms with E-state index in [0.29, 0.717) is 32.2 Å². The molecular weight excluding hydrogens is 329 g/mol. The van der Waals surface area contributed by atoms with Crippen LogP contribution >= 0.6 is 34.8 Å². The van der Waals surface area contributed by atoms with E-state index in [2.05, 4.69) is 19.2 Å². The van der Waals surface area contributed by atoms with Gasteiger partial charge < -0.3 is 5.32 Å². The Kier molecular flexibility index (Phi) is 5.15. The van der Waals surface area contributed by atoms with Crippen molar-refractivity contribution in [3.8, 4) is 0 Å². The van der Waals surface area contributed by atoms with Gasteiger partial charge in [0.05, 0.1) is 21.3 Å². The Balaban J connectivity index is 2.23. The van der Waals surface area contributed by atoms with E-state index < -0.39 is 0 Å². The van der Waals surface area contributed by atoms with Gasteiger partial charge in [-0.05, 0) is 41.8 Å². The smallest absolute Gasteiger partial charge is 0.257 e. The summed E-state index contributed by atoms with van der Waals surface area (Å²) in [5.74, 6) is 0.0498. The van der Waals surface area contributed by atoms with Crippen LogP contribution < -0.4 is 5.32 Å². The maximum atomic E-state index is 12.2. The first kappa shape index (κ1) is 16.2. The topological polar surface area (TPSA) is 29.1 Å². The van der Waals surface area contributed by atoms with Gasteiger partial charge in [0.2, 0.25) is 0 Å². The van der Waals surface area contributed by atoms with Crippen molar-refractivity contribution in [2.24, 2.45) is 0 Å². The molecule has 21 heavy (non-hydrogen) atoms. The molecule has 0 saturated heterocycles. The molecule has 2 aromatic carbocycles. The van der Waals surface area contributed by atoms with Crippen LogP contribution in [0.2, 0.25) is 15.1 Å². The summed E-state index contributed by atoms with van der Waals surface area (Å²) in [4.78, 5) is 12.2. The highest BCUT2D eigenvalue weighted by molar-refractivity contribution is 6.37. The van der Waals surface area contributed by atoms with Crippen LogP contribution in [0.5, 0.6) is 0 Å². The number of rotatable bonds is 3. The highest BCUT2D eigenvalue weighted by Crippen LogP contribution is 2.28. The Morgan fingerprint density at radius 3 is 2.29 bits per heavy atom. The van der Waals surface area contributed by atoms with E-state index in [9.17, 15) is 4.79 Å². The van der Waals surface area contributed by atoms with Crippen molar-refractivity contribution in [1.82, 2.24) is 0 Å². The lowest BCUT2D eigenvalue weighted by Crippen LogP contribution is -2.12. The summed E-state index contributed by atoms with van der Waals surface area (Å²) in [5.41, 5.74) is 2.02. The molecule has 0 aromatic heterocycles. The summed E-state index contributed by atoms with van der Waals surface area (Å²) in [7, 11) is 0. The van der Waals surface area contributed by atoms with Crippen molar-refractivity contribution in [2.45, 2.75) is 19.8 Å². The number of benzene rings is 2. The molecular formula is C16H14Cl3NO. The molecule has 2 rings (SSSR count). The predicted octanol–water partition coefficient (Wildman–Crippen LogP) is 6.02. The van der Waals surface area contributed by atoms with E-state index in [-0.39, 0.29) is 5.91 Å². The second kappa shape index (κ2) is 6.69.